The molecule has 1 saturated heterocycles. The number of aryl methyl sites for hydroxylation is 2. The quantitative estimate of drug-likeness (QED) is 0.858. The minimum Gasteiger partial charge on any atom is -0.312 e. The first-order valence-electron chi connectivity index (χ1n) is 6.67. The molecule has 2 nitrogen and oxygen atoms in total. The second-order valence-electron chi connectivity index (χ2n) is 5.21. The van der Waals surface area contributed by atoms with Crippen LogP contribution in [0.3, 0.4) is 0 Å². The van der Waals surface area contributed by atoms with E-state index in [4.69, 9.17) is 0 Å². The van der Waals surface area contributed by atoms with Gasteiger partial charge in [0.15, 0.2) is 0 Å². The summed E-state index contributed by atoms with van der Waals surface area (Å²) in [5, 5.41) is 3.46. The Bertz CT molecular complexity index is 367. The standard InChI is InChI=1S/C15H24N2/c1-12-6-7-14(13(2)10-12)15(16-3)11-17-8-4-5-9-17/h6-7,10,15-16H,4-5,8-9,11H2,1-3H3. The average Bonchev–Trinajstić information content (AvgIpc) is 2.79. The Morgan fingerprint density at radius 1 is 1.24 bits per heavy atom. The molecule has 1 aliphatic heterocycles. The number of likely N-dealkylation sites (N-methyl/N-ethyl adjacent to an activating group) is 1. The van der Waals surface area contributed by atoms with Gasteiger partial charge in [0.25, 0.3) is 0 Å². The van der Waals surface area contributed by atoms with Crippen molar-refractivity contribution < 1.29 is 0 Å². The third-order valence-corrected chi connectivity index (χ3v) is 3.79. The summed E-state index contributed by atoms with van der Waals surface area (Å²) in [7, 11) is 2.07. The zero-order valence-corrected chi connectivity index (χ0v) is 11.3. The van der Waals surface area contributed by atoms with Crippen LogP contribution >= 0.6 is 0 Å². The molecular weight excluding hydrogens is 208 g/mol. The van der Waals surface area contributed by atoms with Crippen LogP contribution in [0.15, 0.2) is 18.2 Å². The van der Waals surface area contributed by atoms with Crippen molar-refractivity contribution >= 4 is 0 Å². The highest BCUT2D eigenvalue weighted by atomic mass is 15.2. The van der Waals surface area contributed by atoms with Crippen molar-refractivity contribution in [2.45, 2.75) is 32.7 Å². The van der Waals surface area contributed by atoms with Gasteiger partial charge in [0.2, 0.25) is 0 Å². The normalized spacial score (nSPS) is 18.5. The molecule has 0 spiro atoms. The van der Waals surface area contributed by atoms with Crippen LogP contribution in [0, 0.1) is 13.8 Å². The van der Waals surface area contributed by atoms with Gasteiger partial charge in [-0.3, -0.25) is 0 Å². The monoisotopic (exact) mass is 232 g/mol. The van der Waals surface area contributed by atoms with Crippen LogP contribution in [0.25, 0.3) is 0 Å². The molecule has 1 aliphatic rings. The molecular formula is C15H24N2. The summed E-state index contributed by atoms with van der Waals surface area (Å²) in [6, 6.07) is 7.25. The minimum atomic E-state index is 0.466. The zero-order valence-electron chi connectivity index (χ0n) is 11.3. The SMILES string of the molecule is CNC(CN1CCCC1)c1ccc(C)cc1C. The topological polar surface area (TPSA) is 15.3 Å². The lowest BCUT2D eigenvalue weighted by molar-refractivity contribution is 0.299. The van der Waals surface area contributed by atoms with Crippen LogP contribution in [0.5, 0.6) is 0 Å². The molecule has 1 unspecified atom stereocenters. The Labute approximate surface area is 105 Å². The third kappa shape index (κ3) is 3.08. The van der Waals surface area contributed by atoms with Gasteiger partial charge in [-0.15, -0.1) is 0 Å². The molecule has 0 aromatic heterocycles. The second-order valence-corrected chi connectivity index (χ2v) is 5.21. The number of hydrogen-bond acceptors (Lipinski definition) is 2. The molecule has 0 radical (unpaired) electrons. The maximum absolute atomic E-state index is 3.46. The first-order valence-corrected chi connectivity index (χ1v) is 6.67. The van der Waals surface area contributed by atoms with Crippen LogP contribution in [-0.4, -0.2) is 31.6 Å². The van der Waals surface area contributed by atoms with Crippen molar-refractivity contribution in [3.63, 3.8) is 0 Å². The van der Waals surface area contributed by atoms with Crippen LogP contribution < -0.4 is 5.32 Å². The number of likely N-dealkylation sites (tertiary alicyclic amines) is 1. The van der Waals surface area contributed by atoms with Gasteiger partial charge >= 0.3 is 0 Å². The Morgan fingerprint density at radius 3 is 2.53 bits per heavy atom. The van der Waals surface area contributed by atoms with Gasteiger partial charge in [-0.1, -0.05) is 23.8 Å². The fourth-order valence-corrected chi connectivity index (χ4v) is 2.79. The maximum atomic E-state index is 3.46. The molecule has 1 aromatic rings. The molecule has 0 aliphatic carbocycles. The van der Waals surface area contributed by atoms with E-state index in [0.29, 0.717) is 6.04 Å². The van der Waals surface area contributed by atoms with E-state index >= 15 is 0 Å². The highest BCUT2D eigenvalue weighted by Gasteiger charge is 2.18. The van der Waals surface area contributed by atoms with E-state index in [1.165, 1.54) is 42.6 Å². The van der Waals surface area contributed by atoms with E-state index in [1.54, 1.807) is 0 Å². The number of rotatable bonds is 4. The fourth-order valence-electron chi connectivity index (χ4n) is 2.79. The first kappa shape index (κ1) is 12.6. The molecule has 1 aromatic carbocycles. The van der Waals surface area contributed by atoms with Crippen LogP contribution in [0.4, 0.5) is 0 Å². The minimum absolute atomic E-state index is 0.466. The Kier molecular flexibility index (Phi) is 4.19. The van der Waals surface area contributed by atoms with Gasteiger partial charge in [0.05, 0.1) is 0 Å². The molecule has 0 amide bonds. The van der Waals surface area contributed by atoms with Crippen LogP contribution in [0.1, 0.15) is 35.6 Å². The lowest BCUT2D eigenvalue weighted by Crippen LogP contribution is -2.32. The van der Waals surface area contributed by atoms with Crippen molar-refractivity contribution in [1.82, 2.24) is 10.2 Å². The maximum Gasteiger partial charge on any atom is 0.0449 e. The van der Waals surface area contributed by atoms with Crippen molar-refractivity contribution in [1.29, 1.82) is 0 Å². The first-order chi connectivity index (χ1) is 8.20. The molecule has 1 atom stereocenters. The zero-order chi connectivity index (χ0) is 12.3. The van der Waals surface area contributed by atoms with E-state index in [2.05, 4.69) is 49.3 Å². The summed E-state index contributed by atoms with van der Waals surface area (Å²) >= 11 is 0. The lowest BCUT2D eigenvalue weighted by atomic mass is 9.99. The molecule has 2 rings (SSSR count). The number of nitrogens with one attached hydrogen (secondary N) is 1. The Morgan fingerprint density at radius 2 is 1.94 bits per heavy atom. The van der Waals surface area contributed by atoms with Gasteiger partial charge < -0.3 is 10.2 Å². The van der Waals surface area contributed by atoms with E-state index in [9.17, 15) is 0 Å². The van der Waals surface area contributed by atoms with E-state index < -0.39 is 0 Å². The highest BCUT2D eigenvalue weighted by Crippen LogP contribution is 2.21. The summed E-state index contributed by atoms with van der Waals surface area (Å²) in [5.74, 6) is 0. The largest absolute Gasteiger partial charge is 0.312 e. The summed E-state index contributed by atoms with van der Waals surface area (Å²) < 4.78 is 0. The highest BCUT2D eigenvalue weighted by molar-refractivity contribution is 5.33. The van der Waals surface area contributed by atoms with Crippen molar-refractivity contribution in [2.75, 3.05) is 26.7 Å². The van der Waals surface area contributed by atoms with Crippen molar-refractivity contribution in [2.24, 2.45) is 0 Å². The van der Waals surface area contributed by atoms with Crippen LogP contribution in [0.2, 0.25) is 0 Å². The molecule has 1 N–H and O–H groups in total. The molecule has 0 saturated carbocycles. The smallest absolute Gasteiger partial charge is 0.0449 e. The Balaban J connectivity index is 2.10. The number of nitrogens with zero attached hydrogens (tertiary/aromatic N) is 1. The summed E-state index contributed by atoms with van der Waals surface area (Å²) in [4.78, 5) is 2.57. The van der Waals surface area contributed by atoms with Gasteiger partial charge in [0.1, 0.15) is 0 Å². The molecule has 2 heteroatoms. The summed E-state index contributed by atoms with van der Waals surface area (Å²) in [6.07, 6.45) is 2.73. The predicted octanol–water partition coefficient (Wildman–Crippen LogP) is 2.66. The van der Waals surface area contributed by atoms with Gasteiger partial charge in [-0.05, 0) is 58.0 Å². The molecule has 1 fully saturated rings. The van der Waals surface area contributed by atoms with Crippen LogP contribution in [-0.2, 0) is 0 Å². The molecule has 1 heterocycles. The number of benzene rings is 1. The second kappa shape index (κ2) is 5.65. The van der Waals surface area contributed by atoms with Crippen molar-refractivity contribution in [3.8, 4) is 0 Å². The predicted molar refractivity (Wildman–Crippen MR) is 73.4 cm³/mol. The molecule has 94 valence electrons. The molecule has 17 heavy (non-hydrogen) atoms. The third-order valence-electron chi connectivity index (χ3n) is 3.79. The van der Waals surface area contributed by atoms with Gasteiger partial charge in [0, 0.05) is 12.6 Å². The van der Waals surface area contributed by atoms with Gasteiger partial charge in [-0.25, -0.2) is 0 Å². The summed E-state index contributed by atoms with van der Waals surface area (Å²) in [6.45, 7) is 8.05. The van der Waals surface area contributed by atoms with Gasteiger partial charge in [-0.2, -0.15) is 0 Å². The lowest BCUT2D eigenvalue weighted by Gasteiger charge is -2.25. The van der Waals surface area contributed by atoms with E-state index in [1.807, 2.05) is 0 Å². The van der Waals surface area contributed by atoms with E-state index in [-0.39, 0.29) is 0 Å². The number of hydrogen-bond donors (Lipinski definition) is 1. The molecule has 0 bridgehead atoms. The average molecular weight is 232 g/mol. The fraction of sp³-hybridized carbons (Fsp3) is 0.600. The summed E-state index contributed by atoms with van der Waals surface area (Å²) in [5.41, 5.74) is 4.20. The van der Waals surface area contributed by atoms with Crippen molar-refractivity contribution in [3.05, 3.63) is 34.9 Å². The Hall–Kier alpha value is -0.860. The van der Waals surface area contributed by atoms with E-state index in [0.717, 1.165) is 6.54 Å².